The maximum absolute atomic E-state index is 12.1. The molecule has 0 unspecified atom stereocenters. The van der Waals surface area contributed by atoms with Crippen molar-refractivity contribution in [2.75, 3.05) is 6.54 Å². The van der Waals surface area contributed by atoms with E-state index in [1.165, 1.54) is 6.92 Å². The van der Waals surface area contributed by atoms with Crippen molar-refractivity contribution in [2.24, 2.45) is 0 Å². The molecule has 2 N–H and O–H groups in total. The van der Waals surface area contributed by atoms with Gasteiger partial charge in [0.15, 0.2) is 0 Å². The topological polar surface area (TPSA) is 144 Å². The van der Waals surface area contributed by atoms with Crippen molar-refractivity contribution in [3.8, 4) is 0 Å². The monoisotopic (exact) mass is 338 g/mol. The first-order chi connectivity index (χ1) is 10.9. The molecular formula is C14H18N4O6. The van der Waals surface area contributed by atoms with E-state index in [4.69, 9.17) is 0 Å². The molecule has 24 heavy (non-hydrogen) atoms. The molecule has 10 heteroatoms. The highest BCUT2D eigenvalue weighted by molar-refractivity contribution is 5.99. The molecule has 130 valence electrons. The number of nitrogens with one attached hydrogen (secondary N) is 2. The minimum absolute atomic E-state index is 0.0145. The Morgan fingerprint density at radius 1 is 1.12 bits per heavy atom. The Morgan fingerprint density at radius 2 is 1.71 bits per heavy atom. The Hall–Kier alpha value is -3.04. The number of hydrogen-bond acceptors (Lipinski definition) is 6. The second-order valence-electron chi connectivity index (χ2n) is 6.13. The van der Waals surface area contributed by atoms with Gasteiger partial charge in [-0.2, -0.15) is 0 Å². The molecule has 0 aromatic heterocycles. The molecule has 1 aromatic rings. The molecule has 0 aliphatic heterocycles. The van der Waals surface area contributed by atoms with Crippen molar-refractivity contribution in [1.29, 1.82) is 0 Å². The lowest BCUT2D eigenvalue weighted by atomic mass is 10.0. The van der Waals surface area contributed by atoms with Crippen molar-refractivity contribution in [1.82, 2.24) is 10.6 Å². The number of rotatable bonds is 5. The van der Waals surface area contributed by atoms with Gasteiger partial charge < -0.3 is 10.6 Å². The summed E-state index contributed by atoms with van der Waals surface area (Å²) in [7, 11) is 0. The second kappa shape index (κ2) is 7.02. The number of nitro groups is 2. The molecule has 0 saturated heterocycles. The Balaban J connectivity index is 3.04. The summed E-state index contributed by atoms with van der Waals surface area (Å²) in [6.07, 6.45) is 0. The van der Waals surface area contributed by atoms with Gasteiger partial charge >= 0.3 is 0 Å². The number of carbonyl (C=O) groups excluding carboxylic acids is 2. The first-order valence-corrected chi connectivity index (χ1v) is 6.95. The number of carbonyl (C=O) groups is 2. The fourth-order valence-corrected chi connectivity index (χ4v) is 1.93. The van der Waals surface area contributed by atoms with Crippen LogP contribution in [0.3, 0.4) is 0 Å². The molecule has 0 radical (unpaired) electrons. The maximum atomic E-state index is 12.1. The Labute approximate surface area is 137 Å². The molecule has 0 bridgehead atoms. The Kier molecular flexibility index (Phi) is 5.56. The van der Waals surface area contributed by atoms with E-state index in [-0.39, 0.29) is 17.7 Å². The standard InChI is InChI=1S/C14H18N4O6/c1-8-10(5-9(17(21)22)6-11(8)18(23)24)13(20)15-7-12(19)16-14(2,3)4/h5-6H,7H2,1-4H3,(H,15,20)(H,16,19). The lowest BCUT2D eigenvalue weighted by Gasteiger charge is -2.20. The zero-order valence-electron chi connectivity index (χ0n) is 13.7. The molecule has 0 spiro atoms. The van der Waals surface area contributed by atoms with Gasteiger partial charge in [-0.1, -0.05) is 0 Å². The van der Waals surface area contributed by atoms with Crippen LogP contribution in [0.2, 0.25) is 0 Å². The van der Waals surface area contributed by atoms with Gasteiger partial charge in [-0.05, 0) is 27.7 Å². The number of benzene rings is 1. The molecule has 0 heterocycles. The molecule has 0 saturated carbocycles. The summed E-state index contributed by atoms with van der Waals surface area (Å²) in [6.45, 7) is 6.25. The van der Waals surface area contributed by atoms with Gasteiger partial charge in [0.1, 0.15) is 0 Å². The molecular weight excluding hydrogens is 320 g/mol. The largest absolute Gasteiger partial charge is 0.350 e. The highest BCUT2D eigenvalue weighted by Crippen LogP contribution is 2.27. The van der Waals surface area contributed by atoms with Crippen LogP contribution < -0.4 is 10.6 Å². The summed E-state index contributed by atoms with van der Waals surface area (Å²) in [4.78, 5) is 44.1. The molecule has 0 fully saturated rings. The predicted molar refractivity (Wildman–Crippen MR) is 84.7 cm³/mol. The highest BCUT2D eigenvalue weighted by Gasteiger charge is 2.25. The van der Waals surface area contributed by atoms with E-state index in [9.17, 15) is 29.8 Å². The molecule has 1 aromatic carbocycles. The summed E-state index contributed by atoms with van der Waals surface area (Å²) < 4.78 is 0. The number of non-ortho nitro benzene ring substituents is 1. The third-order valence-corrected chi connectivity index (χ3v) is 2.94. The van der Waals surface area contributed by atoms with Gasteiger partial charge in [-0.3, -0.25) is 29.8 Å². The third-order valence-electron chi connectivity index (χ3n) is 2.94. The van der Waals surface area contributed by atoms with Gasteiger partial charge in [0.05, 0.1) is 28.0 Å². The van der Waals surface area contributed by atoms with Gasteiger partial charge in [0.2, 0.25) is 5.91 Å². The van der Waals surface area contributed by atoms with Crippen LogP contribution in [0.5, 0.6) is 0 Å². The van der Waals surface area contributed by atoms with Crippen molar-refractivity contribution in [2.45, 2.75) is 33.2 Å². The zero-order chi connectivity index (χ0) is 18.7. The summed E-state index contributed by atoms with van der Waals surface area (Å²) in [5.74, 6) is -1.25. The van der Waals surface area contributed by atoms with Crippen LogP contribution >= 0.6 is 0 Å². The lowest BCUT2D eigenvalue weighted by molar-refractivity contribution is -0.394. The van der Waals surface area contributed by atoms with Crippen LogP contribution in [0.25, 0.3) is 0 Å². The lowest BCUT2D eigenvalue weighted by Crippen LogP contribution is -2.45. The average Bonchev–Trinajstić information content (AvgIpc) is 2.42. The fourth-order valence-electron chi connectivity index (χ4n) is 1.93. The highest BCUT2D eigenvalue weighted by atomic mass is 16.6. The zero-order valence-corrected chi connectivity index (χ0v) is 13.7. The number of nitro benzene ring substituents is 2. The molecule has 0 aliphatic carbocycles. The van der Waals surface area contributed by atoms with E-state index in [1.54, 1.807) is 20.8 Å². The Morgan fingerprint density at radius 3 is 2.17 bits per heavy atom. The smallest absolute Gasteiger partial charge is 0.279 e. The van der Waals surface area contributed by atoms with E-state index >= 15 is 0 Å². The summed E-state index contributed by atoms with van der Waals surface area (Å²) in [5, 5.41) is 26.8. The fraction of sp³-hybridized carbons (Fsp3) is 0.429. The molecule has 2 amide bonds. The van der Waals surface area contributed by atoms with E-state index < -0.39 is 38.6 Å². The van der Waals surface area contributed by atoms with Crippen molar-refractivity contribution < 1.29 is 19.4 Å². The van der Waals surface area contributed by atoms with Crippen LogP contribution in [-0.2, 0) is 4.79 Å². The van der Waals surface area contributed by atoms with Crippen LogP contribution in [0.1, 0.15) is 36.7 Å². The molecule has 1 rings (SSSR count). The first kappa shape index (κ1) is 19.0. The number of amides is 2. The van der Waals surface area contributed by atoms with Crippen LogP contribution in [-0.4, -0.2) is 33.7 Å². The van der Waals surface area contributed by atoms with Crippen LogP contribution in [0.15, 0.2) is 12.1 Å². The van der Waals surface area contributed by atoms with Crippen molar-refractivity contribution in [3.05, 3.63) is 43.5 Å². The SMILES string of the molecule is Cc1c(C(=O)NCC(=O)NC(C)(C)C)cc([N+](=O)[O-])cc1[N+](=O)[O-]. The summed E-state index contributed by atoms with van der Waals surface area (Å²) in [5.41, 5.74) is -1.83. The predicted octanol–water partition coefficient (Wildman–Crippen LogP) is 1.46. The maximum Gasteiger partial charge on any atom is 0.279 e. The third kappa shape index (κ3) is 5.00. The number of hydrogen-bond donors (Lipinski definition) is 2. The van der Waals surface area contributed by atoms with Crippen molar-refractivity contribution >= 4 is 23.2 Å². The molecule has 10 nitrogen and oxygen atoms in total. The average molecular weight is 338 g/mol. The Bertz CT molecular complexity index is 708. The second-order valence-corrected chi connectivity index (χ2v) is 6.13. The van der Waals surface area contributed by atoms with Gasteiger partial charge in [0.25, 0.3) is 17.3 Å². The molecule has 0 aliphatic rings. The van der Waals surface area contributed by atoms with Crippen LogP contribution in [0, 0.1) is 27.2 Å². The quantitative estimate of drug-likeness (QED) is 0.614. The van der Waals surface area contributed by atoms with Gasteiger partial charge in [0, 0.05) is 17.2 Å². The van der Waals surface area contributed by atoms with E-state index in [0.717, 1.165) is 12.1 Å². The van der Waals surface area contributed by atoms with E-state index in [2.05, 4.69) is 10.6 Å². The van der Waals surface area contributed by atoms with E-state index in [0.29, 0.717) is 0 Å². The summed E-state index contributed by atoms with van der Waals surface area (Å²) >= 11 is 0. The van der Waals surface area contributed by atoms with Crippen LogP contribution in [0.4, 0.5) is 11.4 Å². The number of nitrogens with zero attached hydrogens (tertiary/aromatic N) is 2. The molecule has 0 atom stereocenters. The minimum Gasteiger partial charge on any atom is -0.350 e. The van der Waals surface area contributed by atoms with Crippen molar-refractivity contribution in [3.63, 3.8) is 0 Å². The normalized spacial score (nSPS) is 10.8. The van der Waals surface area contributed by atoms with Gasteiger partial charge in [-0.15, -0.1) is 0 Å². The van der Waals surface area contributed by atoms with E-state index in [1.807, 2.05) is 0 Å². The minimum atomic E-state index is -0.824. The first-order valence-electron chi connectivity index (χ1n) is 6.95. The summed E-state index contributed by atoms with van der Waals surface area (Å²) in [6, 6.07) is 1.73. The van der Waals surface area contributed by atoms with Gasteiger partial charge in [-0.25, -0.2) is 0 Å².